The van der Waals surface area contributed by atoms with Crippen LogP contribution in [0.1, 0.15) is 33.1 Å². The highest BCUT2D eigenvalue weighted by Gasteiger charge is 2.41. The lowest BCUT2D eigenvalue weighted by molar-refractivity contribution is 0.281. The average molecular weight is 222 g/mol. The van der Waals surface area contributed by atoms with Crippen molar-refractivity contribution in [1.82, 2.24) is 0 Å². The fourth-order valence-electron chi connectivity index (χ4n) is 1.78. The van der Waals surface area contributed by atoms with Gasteiger partial charge >= 0.3 is 0 Å². The molecule has 1 rings (SSSR count). The normalized spacial score (nSPS) is 34.3. The zero-order valence-corrected chi connectivity index (χ0v) is 9.92. The van der Waals surface area contributed by atoms with Crippen LogP contribution in [0.25, 0.3) is 0 Å². The molecule has 0 spiro atoms. The predicted octanol–water partition coefficient (Wildman–Crippen LogP) is 1.75. The summed E-state index contributed by atoms with van der Waals surface area (Å²) >= 11 is 1.78. The molecule has 1 aliphatic rings. The second-order valence-electron chi connectivity index (χ2n) is 3.70. The molecule has 78 valence electrons. The zero-order valence-electron chi connectivity index (χ0n) is 8.28. The number of hydrogen-bond donors (Lipinski definition) is 1. The van der Waals surface area contributed by atoms with Crippen LogP contribution in [-0.2, 0) is 10.8 Å². The average Bonchev–Trinajstić information content (AvgIpc) is 2.32. The Hall–Kier alpha value is 0.460. The molecule has 0 aromatic rings. The maximum atomic E-state index is 11.8. The number of thioether (sulfide) groups is 1. The molecule has 0 aliphatic carbocycles. The molecule has 13 heavy (non-hydrogen) atoms. The lowest BCUT2D eigenvalue weighted by Gasteiger charge is -2.28. The van der Waals surface area contributed by atoms with E-state index < -0.39 is 10.8 Å². The smallest absolute Gasteiger partial charge is 0.0933 e. The summed E-state index contributed by atoms with van der Waals surface area (Å²) in [5.41, 5.74) is 0. The topological polar surface area (TPSA) is 37.3 Å². The first kappa shape index (κ1) is 11.5. The second kappa shape index (κ2) is 4.80. The van der Waals surface area contributed by atoms with Gasteiger partial charge in [0.25, 0.3) is 0 Å². The Morgan fingerprint density at radius 1 is 1.62 bits per heavy atom. The van der Waals surface area contributed by atoms with Gasteiger partial charge in [0, 0.05) is 28.4 Å². The Kier molecular flexibility index (Phi) is 4.26. The van der Waals surface area contributed by atoms with Gasteiger partial charge in [-0.25, -0.2) is 0 Å². The highest BCUT2D eigenvalue weighted by atomic mass is 32.2. The fraction of sp³-hybridized carbons (Fsp3) is 1.00. The van der Waals surface area contributed by atoms with Gasteiger partial charge < -0.3 is 5.11 Å². The molecule has 0 amide bonds. The third kappa shape index (κ3) is 2.70. The van der Waals surface area contributed by atoms with Crippen molar-refractivity contribution in [2.45, 2.75) is 42.4 Å². The maximum Gasteiger partial charge on any atom is 0.0933 e. The van der Waals surface area contributed by atoms with E-state index in [1.54, 1.807) is 11.8 Å². The van der Waals surface area contributed by atoms with Crippen molar-refractivity contribution in [1.29, 1.82) is 0 Å². The molecule has 1 aliphatic heterocycles. The first-order valence-corrected chi connectivity index (χ1v) is 6.98. The molecule has 1 heterocycles. The quantitative estimate of drug-likeness (QED) is 0.787. The van der Waals surface area contributed by atoms with E-state index in [2.05, 4.69) is 13.8 Å². The number of aliphatic hydroxyl groups excluding tert-OH is 1. The van der Waals surface area contributed by atoms with E-state index in [9.17, 15) is 4.21 Å². The molecular formula is C9H18O2S2. The van der Waals surface area contributed by atoms with Crippen LogP contribution in [0.4, 0.5) is 0 Å². The largest absolute Gasteiger partial charge is 0.396 e. The predicted molar refractivity (Wildman–Crippen MR) is 59.4 cm³/mol. The molecule has 1 fully saturated rings. The van der Waals surface area contributed by atoms with Gasteiger partial charge in [-0.2, -0.15) is 0 Å². The zero-order chi connectivity index (χ0) is 9.90. The minimum absolute atomic E-state index is 0.136. The van der Waals surface area contributed by atoms with E-state index in [0.29, 0.717) is 11.7 Å². The van der Waals surface area contributed by atoms with Crippen LogP contribution in [0.2, 0.25) is 0 Å². The summed E-state index contributed by atoms with van der Waals surface area (Å²) in [7, 11) is -0.737. The fourth-order valence-corrected chi connectivity index (χ4v) is 5.84. The van der Waals surface area contributed by atoms with Gasteiger partial charge in [-0.3, -0.25) is 4.21 Å². The monoisotopic (exact) mass is 222 g/mol. The standard InChI is InChI=1S/C9H18O2S2/c1-8(2)12-9(5-6-10)4-3-7-13(9)11/h8,10H,3-7H2,1-2H3/t9-,13?/m1/s1. The molecule has 1 N–H and O–H groups in total. The van der Waals surface area contributed by atoms with E-state index in [1.165, 1.54) is 0 Å². The molecule has 0 radical (unpaired) electrons. The number of rotatable bonds is 4. The maximum absolute atomic E-state index is 11.8. The molecule has 2 atom stereocenters. The van der Waals surface area contributed by atoms with Crippen molar-refractivity contribution < 1.29 is 9.32 Å². The van der Waals surface area contributed by atoms with Crippen LogP contribution in [0, 0.1) is 0 Å². The van der Waals surface area contributed by atoms with Crippen LogP contribution in [0.15, 0.2) is 0 Å². The first-order valence-electron chi connectivity index (χ1n) is 4.78. The number of aliphatic hydroxyl groups is 1. The van der Waals surface area contributed by atoms with Crippen molar-refractivity contribution in [3.8, 4) is 0 Å². The molecule has 0 aromatic heterocycles. The Morgan fingerprint density at radius 3 is 2.69 bits per heavy atom. The minimum atomic E-state index is -0.737. The molecule has 0 bridgehead atoms. The number of hydrogen-bond acceptors (Lipinski definition) is 3. The summed E-state index contributed by atoms with van der Waals surface area (Å²) < 4.78 is 11.7. The van der Waals surface area contributed by atoms with Gasteiger partial charge in [-0.1, -0.05) is 13.8 Å². The highest BCUT2D eigenvalue weighted by molar-refractivity contribution is 8.13. The molecule has 2 nitrogen and oxygen atoms in total. The van der Waals surface area contributed by atoms with Gasteiger partial charge in [0.05, 0.1) is 4.08 Å². The Bertz CT molecular complexity index is 194. The summed E-state index contributed by atoms with van der Waals surface area (Å²) in [5.74, 6) is 0.819. The van der Waals surface area contributed by atoms with Crippen molar-refractivity contribution in [2.75, 3.05) is 12.4 Å². The lowest BCUT2D eigenvalue weighted by atomic mass is 10.2. The van der Waals surface area contributed by atoms with Crippen LogP contribution < -0.4 is 0 Å². The van der Waals surface area contributed by atoms with Crippen LogP contribution >= 0.6 is 11.8 Å². The summed E-state index contributed by atoms with van der Waals surface area (Å²) in [5, 5.41) is 9.47. The molecular weight excluding hydrogens is 204 g/mol. The minimum Gasteiger partial charge on any atom is -0.396 e. The summed E-state index contributed by atoms with van der Waals surface area (Å²) in [4.78, 5) is 0. The van der Waals surface area contributed by atoms with E-state index in [0.717, 1.165) is 18.6 Å². The van der Waals surface area contributed by atoms with Crippen molar-refractivity contribution >= 4 is 22.6 Å². The van der Waals surface area contributed by atoms with Gasteiger partial charge in [-0.05, 0) is 19.3 Å². The van der Waals surface area contributed by atoms with Gasteiger partial charge in [0.1, 0.15) is 0 Å². The van der Waals surface area contributed by atoms with E-state index >= 15 is 0 Å². The third-order valence-electron chi connectivity index (χ3n) is 2.25. The van der Waals surface area contributed by atoms with E-state index in [-0.39, 0.29) is 10.7 Å². The third-order valence-corrected chi connectivity index (χ3v) is 6.30. The lowest BCUT2D eigenvalue weighted by Crippen LogP contribution is -2.29. The van der Waals surface area contributed by atoms with Crippen LogP contribution in [0.5, 0.6) is 0 Å². The highest BCUT2D eigenvalue weighted by Crippen LogP contribution is 2.44. The van der Waals surface area contributed by atoms with Gasteiger partial charge in [-0.15, -0.1) is 11.8 Å². The Morgan fingerprint density at radius 2 is 2.31 bits per heavy atom. The van der Waals surface area contributed by atoms with Crippen LogP contribution in [-0.4, -0.2) is 31.0 Å². The summed E-state index contributed by atoms with van der Waals surface area (Å²) in [6.45, 7) is 4.41. The summed E-state index contributed by atoms with van der Waals surface area (Å²) in [6, 6.07) is 0. The Balaban J connectivity index is 2.68. The molecule has 1 saturated heterocycles. The van der Waals surface area contributed by atoms with Crippen LogP contribution in [0.3, 0.4) is 0 Å². The first-order chi connectivity index (χ1) is 6.10. The van der Waals surface area contributed by atoms with E-state index in [1.807, 2.05) is 0 Å². The van der Waals surface area contributed by atoms with Crippen molar-refractivity contribution in [3.05, 3.63) is 0 Å². The van der Waals surface area contributed by atoms with E-state index in [4.69, 9.17) is 5.11 Å². The molecule has 0 saturated carbocycles. The summed E-state index contributed by atoms with van der Waals surface area (Å²) in [6.07, 6.45) is 2.73. The molecule has 0 aromatic carbocycles. The second-order valence-corrected chi connectivity index (χ2v) is 7.80. The van der Waals surface area contributed by atoms with Gasteiger partial charge in [0.2, 0.25) is 0 Å². The van der Waals surface area contributed by atoms with Gasteiger partial charge in [0.15, 0.2) is 0 Å². The Labute approximate surface area is 86.9 Å². The molecule has 1 unspecified atom stereocenters. The SMILES string of the molecule is CC(C)S[C@]1(CCO)CCCS1=O. The van der Waals surface area contributed by atoms with Crippen molar-refractivity contribution in [2.24, 2.45) is 0 Å². The molecule has 4 heteroatoms. The van der Waals surface area contributed by atoms with Crippen molar-refractivity contribution in [3.63, 3.8) is 0 Å².